The van der Waals surface area contributed by atoms with Gasteiger partial charge in [0.25, 0.3) is 0 Å². The maximum Gasteiger partial charge on any atom is 0.224 e. The van der Waals surface area contributed by atoms with Crippen LogP contribution in [-0.4, -0.2) is 25.1 Å². The molecule has 0 radical (unpaired) electrons. The monoisotopic (exact) mass is 225 g/mol. The number of aromatic amines is 1. The van der Waals surface area contributed by atoms with E-state index in [0.717, 1.165) is 0 Å². The zero-order valence-corrected chi connectivity index (χ0v) is 8.36. The Kier molecular flexibility index (Phi) is 2.64. The standard InChI is InChI=1S/C7H8ClN7/c8-7-11-1-4(9)6(14-7)10-2-5-12-3-13-15-5/h1,3H,2,9H2,(H,10,11,14)(H,12,13,15). The molecule has 4 N–H and O–H groups in total. The summed E-state index contributed by atoms with van der Waals surface area (Å²) in [7, 11) is 0. The third-order valence-corrected chi connectivity index (χ3v) is 1.86. The Labute approximate surface area is 90.1 Å². The lowest BCUT2D eigenvalue weighted by molar-refractivity contribution is 0.945. The topological polar surface area (TPSA) is 105 Å². The van der Waals surface area contributed by atoms with Gasteiger partial charge in [0.05, 0.1) is 18.4 Å². The molecule has 7 nitrogen and oxygen atoms in total. The number of aromatic nitrogens is 5. The minimum absolute atomic E-state index is 0.143. The van der Waals surface area contributed by atoms with Gasteiger partial charge >= 0.3 is 0 Å². The number of hydrogen-bond donors (Lipinski definition) is 3. The van der Waals surface area contributed by atoms with E-state index in [1.807, 2.05) is 0 Å². The van der Waals surface area contributed by atoms with E-state index in [1.54, 1.807) is 0 Å². The Morgan fingerprint density at radius 1 is 1.47 bits per heavy atom. The first-order valence-electron chi connectivity index (χ1n) is 4.12. The van der Waals surface area contributed by atoms with Crippen molar-refractivity contribution in [2.75, 3.05) is 11.1 Å². The summed E-state index contributed by atoms with van der Waals surface area (Å²) in [6.45, 7) is 0.442. The Hall–Kier alpha value is -1.89. The third-order valence-electron chi connectivity index (χ3n) is 1.68. The zero-order chi connectivity index (χ0) is 10.7. The van der Waals surface area contributed by atoms with Crippen LogP contribution in [0.1, 0.15) is 5.82 Å². The molecule has 0 aliphatic rings. The maximum atomic E-state index is 5.64. The number of H-pyrrole nitrogens is 1. The van der Waals surface area contributed by atoms with Gasteiger partial charge in [0, 0.05) is 0 Å². The molecule has 0 aliphatic carbocycles. The highest BCUT2D eigenvalue weighted by Gasteiger charge is 2.03. The van der Waals surface area contributed by atoms with E-state index in [0.29, 0.717) is 23.9 Å². The van der Waals surface area contributed by atoms with Crippen molar-refractivity contribution in [2.45, 2.75) is 6.54 Å². The van der Waals surface area contributed by atoms with E-state index in [-0.39, 0.29) is 5.28 Å². The molecule has 0 aliphatic heterocycles. The molecule has 0 aromatic carbocycles. The highest BCUT2D eigenvalue weighted by Crippen LogP contribution is 2.15. The quantitative estimate of drug-likeness (QED) is 0.655. The van der Waals surface area contributed by atoms with Crippen molar-refractivity contribution in [1.29, 1.82) is 0 Å². The molecule has 2 rings (SSSR count). The Balaban J connectivity index is 2.07. The Bertz CT molecular complexity index is 441. The van der Waals surface area contributed by atoms with Gasteiger partial charge in [0.2, 0.25) is 5.28 Å². The number of rotatable bonds is 3. The Morgan fingerprint density at radius 3 is 3.07 bits per heavy atom. The summed E-state index contributed by atoms with van der Waals surface area (Å²) in [4.78, 5) is 11.6. The maximum absolute atomic E-state index is 5.64. The third kappa shape index (κ3) is 2.32. The number of hydrogen-bond acceptors (Lipinski definition) is 6. The molecule has 2 aromatic heterocycles. The molecule has 78 valence electrons. The largest absolute Gasteiger partial charge is 0.394 e. The van der Waals surface area contributed by atoms with Crippen molar-refractivity contribution in [3.8, 4) is 0 Å². The van der Waals surface area contributed by atoms with Crippen molar-refractivity contribution in [1.82, 2.24) is 25.1 Å². The van der Waals surface area contributed by atoms with Gasteiger partial charge in [-0.2, -0.15) is 10.1 Å². The first-order valence-corrected chi connectivity index (χ1v) is 4.49. The van der Waals surface area contributed by atoms with Crippen LogP contribution in [0.2, 0.25) is 5.28 Å². The average Bonchev–Trinajstić information content (AvgIpc) is 2.72. The van der Waals surface area contributed by atoms with E-state index >= 15 is 0 Å². The lowest BCUT2D eigenvalue weighted by atomic mass is 10.4. The summed E-state index contributed by atoms with van der Waals surface area (Å²) in [5.74, 6) is 1.16. The smallest absolute Gasteiger partial charge is 0.224 e. The second kappa shape index (κ2) is 4.09. The second-order valence-corrected chi connectivity index (χ2v) is 3.07. The number of nitrogens with zero attached hydrogens (tertiary/aromatic N) is 4. The highest BCUT2D eigenvalue weighted by molar-refractivity contribution is 6.28. The molecule has 0 bridgehead atoms. The van der Waals surface area contributed by atoms with Gasteiger partial charge < -0.3 is 11.1 Å². The molecular formula is C7H8ClN7. The molecule has 8 heteroatoms. The normalized spacial score (nSPS) is 10.2. The molecule has 0 saturated carbocycles. The molecular weight excluding hydrogens is 218 g/mol. The highest BCUT2D eigenvalue weighted by atomic mass is 35.5. The van der Waals surface area contributed by atoms with Crippen LogP contribution in [0.5, 0.6) is 0 Å². The van der Waals surface area contributed by atoms with Crippen LogP contribution >= 0.6 is 11.6 Å². The van der Waals surface area contributed by atoms with Gasteiger partial charge in [0.15, 0.2) is 5.82 Å². The summed E-state index contributed by atoms with van der Waals surface area (Å²) in [6.07, 6.45) is 2.87. The first kappa shape index (κ1) is 9.66. The molecule has 0 amide bonds. The SMILES string of the molecule is Nc1cnc(Cl)nc1NCc1ncn[nH]1. The van der Waals surface area contributed by atoms with Gasteiger partial charge in [-0.1, -0.05) is 0 Å². The minimum atomic E-state index is 0.143. The van der Waals surface area contributed by atoms with E-state index in [4.69, 9.17) is 17.3 Å². The predicted molar refractivity (Wildman–Crippen MR) is 55.2 cm³/mol. The van der Waals surface area contributed by atoms with Crippen LogP contribution in [-0.2, 0) is 6.54 Å². The number of nitrogens with one attached hydrogen (secondary N) is 2. The van der Waals surface area contributed by atoms with Crippen LogP contribution < -0.4 is 11.1 Å². The van der Waals surface area contributed by atoms with Gasteiger partial charge in [-0.3, -0.25) is 5.10 Å². The summed E-state index contributed by atoms with van der Waals surface area (Å²) in [5.41, 5.74) is 6.07. The summed E-state index contributed by atoms with van der Waals surface area (Å²) < 4.78 is 0. The van der Waals surface area contributed by atoms with Crippen molar-refractivity contribution >= 4 is 23.1 Å². The fraction of sp³-hybridized carbons (Fsp3) is 0.143. The summed E-state index contributed by atoms with van der Waals surface area (Å²) >= 11 is 5.62. The lowest BCUT2D eigenvalue weighted by Crippen LogP contribution is -2.06. The van der Waals surface area contributed by atoms with E-state index < -0.39 is 0 Å². The van der Waals surface area contributed by atoms with Crippen LogP contribution in [0.15, 0.2) is 12.5 Å². The van der Waals surface area contributed by atoms with Crippen LogP contribution in [0.25, 0.3) is 0 Å². The lowest BCUT2D eigenvalue weighted by Gasteiger charge is -2.05. The minimum Gasteiger partial charge on any atom is -0.394 e. The number of nitrogen functional groups attached to an aromatic ring is 1. The fourth-order valence-electron chi connectivity index (χ4n) is 0.995. The van der Waals surface area contributed by atoms with Gasteiger partial charge in [-0.25, -0.2) is 9.97 Å². The van der Waals surface area contributed by atoms with Gasteiger partial charge in [-0.15, -0.1) is 0 Å². The first-order chi connectivity index (χ1) is 7.25. The number of halogens is 1. The predicted octanol–water partition coefficient (Wildman–Crippen LogP) is 0.442. The number of anilines is 2. The van der Waals surface area contributed by atoms with Gasteiger partial charge in [0.1, 0.15) is 12.2 Å². The molecule has 2 aromatic rings. The molecule has 0 atom stereocenters. The van der Waals surface area contributed by atoms with Crippen molar-refractivity contribution in [3.05, 3.63) is 23.6 Å². The molecule has 0 unspecified atom stereocenters. The van der Waals surface area contributed by atoms with Crippen molar-refractivity contribution in [2.24, 2.45) is 0 Å². The number of nitrogens with two attached hydrogens (primary N) is 1. The Morgan fingerprint density at radius 2 is 2.33 bits per heavy atom. The van der Waals surface area contributed by atoms with Crippen molar-refractivity contribution < 1.29 is 0 Å². The van der Waals surface area contributed by atoms with E-state index in [1.165, 1.54) is 12.5 Å². The van der Waals surface area contributed by atoms with Crippen LogP contribution in [0, 0.1) is 0 Å². The van der Waals surface area contributed by atoms with Gasteiger partial charge in [-0.05, 0) is 11.6 Å². The molecule has 0 fully saturated rings. The molecule has 0 spiro atoms. The fourth-order valence-corrected chi connectivity index (χ4v) is 1.13. The van der Waals surface area contributed by atoms with E-state index in [9.17, 15) is 0 Å². The zero-order valence-electron chi connectivity index (χ0n) is 7.61. The van der Waals surface area contributed by atoms with Crippen LogP contribution in [0.4, 0.5) is 11.5 Å². The van der Waals surface area contributed by atoms with E-state index in [2.05, 4.69) is 30.5 Å². The van der Waals surface area contributed by atoms with Crippen molar-refractivity contribution in [3.63, 3.8) is 0 Å². The molecule has 0 saturated heterocycles. The van der Waals surface area contributed by atoms with Crippen LogP contribution in [0.3, 0.4) is 0 Å². The molecule has 15 heavy (non-hydrogen) atoms. The average molecular weight is 226 g/mol. The second-order valence-electron chi connectivity index (χ2n) is 2.73. The molecule has 2 heterocycles. The summed E-state index contributed by atoms with van der Waals surface area (Å²) in [6, 6.07) is 0. The summed E-state index contributed by atoms with van der Waals surface area (Å²) in [5, 5.41) is 9.51.